The fourth-order valence-electron chi connectivity index (χ4n) is 4.46. The van der Waals surface area contributed by atoms with E-state index in [0.717, 1.165) is 30.4 Å². The van der Waals surface area contributed by atoms with E-state index >= 15 is 0 Å². The Morgan fingerprint density at radius 2 is 1.12 bits per heavy atom. The van der Waals surface area contributed by atoms with E-state index in [4.69, 9.17) is 0 Å². The number of hydrazine groups is 1. The Labute approximate surface area is 257 Å². The summed E-state index contributed by atoms with van der Waals surface area (Å²) in [6.07, 6.45) is 13.0. The lowest BCUT2D eigenvalue weighted by Crippen LogP contribution is -2.51. The molecule has 235 valence electrons. The number of nitrogens with one attached hydrogen (secondary N) is 1. The number of nitrogens with zero attached hydrogens (tertiary/aromatic N) is 2. The van der Waals surface area contributed by atoms with E-state index in [1.807, 2.05) is 4.83 Å². The lowest BCUT2D eigenvalue weighted by molar-refractivity contribution is 0.337. The zero-order valence-corrected chi connectivity index (χ0v) is 27.3. The minimum Gasteiger partial charge on any atom is -0.206 e. The first kappa shape index (κ1) is 34.9. The molecule has 0 atom stereocenters. The van der Waals surface area contributed by atoms with Gasteiger partial charge in [-0.05, 0) is 66.3 Å². The van der Waals surface area contributed by atoms with Crippen LogP contribution in [0.15, 0.2) is 93.5 Å². The number of hydrogen-bond donors (Lipinski definition) is 1. The van der Waals surface area contributed by atoms with Gasteiger partial charge in [-0.15, -0.1) is 4.83 Å². The molecule has 0 unspecified atom stereocenters. The predicted molar refractivity (Wildman–Crippen MR) is 168 cm³/mol. The second-order valence-corrected chi connectivity index (χ2v) is 15.6. The van der Waals surface area contributed by atoms with Gasteiger partial charge in [-0.1, -0.05) is 113 Å². The molecular formula is C31H42N3O6S3. The summed E-state index contributed by atoms with van der Waals surface area (Å²) in [6.45, 7) is 3.97. The third-order valence-electron chi connectivity index (χ3n) is 7.02. The van der Waals surface area contributed by atoms with Gasteiger partial charge in [0, 0.05) is 4.83 Å². The summed E-state index contributed by atoms with van der Waals surface area (Å²) in [5.41, 5.74) is 1.71. The average molecular weight is 649 g/mol. The molecule has 0 spiro atoms. The molecule has 0 aliphatic carbocycles. The minimum atomic E-state index is -4.74. The molecule has 1 N–H and O–H groups in total. The van der Waals surface area contributed by atoms with E-state index in [1.54, 1.807) is 25.1 Å². The molecule has 0 aromatic heterocycles. The molecule has 0 fully saturated rings. The third-order valence-corrected chi connectivity index (χ3v) is 11.3. The smallest absolute Gasteiger partial charge is 0.206 e. The van der Waals surface area contributed by atoms with Crippen LogP contribution in [0, 0.1) is 6.92 Å². The first-order chi connectivity index (χ1) is 20.5. The van der Waals surface area contributed by atoms with Gasteiger partial charge in [0.2, 0.25) is 0 Å². The van der Waals surface area contributed by atoms with Gasteiger partial charge in [-0.3, -0.25) is 0 Å². The first-order valence-electron chi connectivity index (χ1n) is 14.7. The maximum absolute atomic E-state index is 13.4. The highest BCUT2D eigenvalue weighted by Gasteiger charge is 2.35. The molecule has 0 aliphatic rings. The van der Waals surface area contributed by atoms with Crippen LogP contribution < -0.4 is 9.66 Å². The number of benzene rings is 3. The van der Waals surface area contributed by atoms with Gasteiger partial charge < -0.3 is 0 Å². The highest BCUT2D eigenvalue weighted by molar-refractivity contribution is 7.93. The molecule has 0 saturated heterocycles. The molecule has 3 rings (SSSR count). The molecular weight excluding hydrogens is 607 g/mol. The first-order valence-corrected chi connectivity index (χ1v) is 19.1. The van der Waals surface area contributed by atoms with Crippen molar-refractivity contribution in [2.75, 3.05) is 0 Å². The SMILES string of the molecule is CCCCCCCCCCCCc1ccc(S(=O)(=O)[N]N(NS(=O)(=O)c2ccccc2)S(=O)(=O)c2ccc(C)cc2)cc1. The second kappa shape index (κ2) is 16.5. The normalized spacial score (nSPS) is 12.5. The van der Waals surface area contributed by atoms with Crippen molar-refractivity contribution in [3.8, 4) is 0 Å². The van der Waals surface area contributed by atoms with Crippen molar-refractivity contribution in [1.82, 2.24) is 14.2 Å². The molecule has 0 saturated carbocycles. The van der Waals surface area contributed by atoms with Gasteiger partial charge in [0.1, 0.15) is 0 Å². The van der Waals surface area contributed by atoms with Gasteiger partial charge in [0.05, 0.1) is 14.7 Å². The summed E-state index contributed by atoms with van der Waals surface area (Å²) in [4.78, 5) is 4.42. The fraction of sp³-hybridized carbons (Fsp3) is 0.419. The van der Waals surface area contributed by atoms with Crippen molar-refractivity contribution in [3.05, 3.63) is 90.0 Å². The molecule has 3 aromatic carbocycles. The Balaban J connectivity index is 1.68. The number of aryl methyl sites for hydroxylation is 2. The maximum atomic E-state index is 13.4. The molecule has 0 aliphatic heterocycles. The Kier molecular flexibility index (Phi) is 13.3. The van der Waals surface area contributed by atoms with Crippen LogP contribution in [0.5, 0.6) is 0 Å². The van der Waals surface area contributed by atoms with Crippen LogP contribution in [-0.4, -0.2) is 29.8 Å². The molecule has 0 heterocycles. The summed E-state index contributed by atoms with van der Waals surface area (Å²) < 4.78 is 79.3. The quantitative estimate of drug-likeness (QED) is 0.121. The molecule has 43 heavy (non-hydrogen) atoms. The predicted octanol–water partition coefficient (Wildman–Crippen LogP) is 6.25. The van der Waals surface area contributed by atoms with Crippen molar-refractivity contribution in [1.29, 1.82) is 0 Å². The Morgan fingerprint density at radius 3 is 1.67 bits per heavy atom. The summed E-state index contributed by atoms with van der Waals surface area (Å²) in [6, 6.07) is 18.6. The minimum absolute atomic E-state index is 0.0902. The standard InChI is InChI=1S/C31H42N3O6S3/c1-3-4-5-6-7-8-9-10-11-13-16-28-21-25-30(26-22-28)42(37,38)33-34(32-41(35,36)29-17-14-12-15-18-29)43(39,40)31-23-19-27(2)20-24-31/h12,14-15,17-26,32H,3-11,13,16H2,1-2H3. The van der Waals surface area contributed by atoms with Crippen LogP contribution in [0.4, 0.5) is 0 Å². The zero-order valence-electron chi connectivity index (χ0n) is 24.9. The fourth-order valence-corrected chi connectivity index (χ4v) is 8.17. The third kappa shape index (κ3) is 10.8. The Hall–Kier alpha value is -2.61. The summed E-state index contributed by atoms with van der Waals surface area (Å²) >= 11 is 0. The van der Waals surface area contributed by atoms with Gasteiger partial charge in [-0.25, -0.2) is 25.3 Å². The number of hydrogen-bond acceptors (Lipinski definition) is 6. The molecule has 9 nitrogen and oxygen atoms in total. The van der Waals surface area contributed by atoms with Gasteiger partial charge >= 0.3 is 0 Å². The molecule has 0 amide bonds. The van der Waals surface area contributed by atoms with E-state index in [0.29, 0.717) is 0 Å². The number of rotatable bonds is 19. The van der Waals surface area contributed by atoms with Gasteiger partial charge in [0.25, 0.3) is 30.1 Å². The highest BCUT2D eigenvalue weighted by atomic mass is 32.2. The Morgan fingerprint density at radius 1 is 0.605 bits per heavy atom. The molecule has 12 heteroatoms. The summed E-state index contributed by atoms with van der Waals surface area (Å²) in [5, 5.41) is 0. The lowest BCUT2D eigenvalue weighted by Gasteiger charge is -2.21. The average Bonchev–Trinajstić information content (AvgIpc) is 2.98. The van der Waals surface area contributed by atoms with E-state index in [-0.39, 0.29) is 19.2 Å². The van der Waals surface area contributed by atoms with Gasteiger partial charge in [-0.2, -0.15) is 0 Å². The van der Waals surface area contributed by atoms with Crippen molar-refractivity contribution >= 4 is 30.1 Å². The monoisotopic (exact) mass is 648 g/mol. The molecule has 3 aromatic rings. The highest BCUT2D eigenvalue weighted by Crippen LogP contribution is 2.20. The summed E-state index contributed by atoms with van der Waals surface area (Å²) in [7, 11) is -13.9. The maximum Gasteiger partial charge on any atom is 0.273 e. The topological polar surface area (TPSA) is 132 Å². The van der Waals surface area contributed by atoms with E-state index in [2.05, 4.69) is 11.8 Å². The number of sulfonamides is 3. The van der Waals surface area contributed by atoms with E-state index < -0.39 is 30.1 Å². The van der Waals surface area contributed by atoms with Crippen molar-refractivity contribution in [2.24, 2.45) is 0 Å². The lowest BCUT2D eigenvalue weighted by atomic mass is 10.0. The molecule has 1 radical (unpaired) electrons. The molecule has 0 bridgehead atoms. The largest absolute Gasteiger partial charge is 0.273 e. The van der Waals surface area contributed by atoms with Crippen LogP contribution in [0.2, 0.25) is 0 Å². The van der Waals surface area contributed by atoms with Crippen LogP contribution in [0.3, 0.4) is 0 Å². The second-order valence-electron chi connectivity index (χ2n) is 10.6. The summed E-state index contributed by atoms with van der Waals surface area (Å²) in [5.74, 6) is 0. The van der Waals surface area contributed by atoms with Crippen LogP contribution in [0.1, 0.15) is 82.3 Å². The van der Waals surface area contributed by atoms with Crippen molar-refractivity contribution in [3.63, 3.8) is 0 Å². The van der Waals surface area contributed by atoms with E-state index in [1.165, 1.54) is 112 Å². The van der Waals surface area contributed by atoms with E-state index in [9.17, 15) is 25.3 Å². The zero-order chi connectivity index (χ0) is 31.3. The van der Waals surface area contributed by atoms with Crippen LogP contribution in [-0.2, 0) is 36.5 Å². The van der Waals surface area contributed by atoms with Gasteiger partial charge in [0.15, 0.2) is 0 Å². The van der Waals surface area contributed by atoms with Crippen LogP contribution >= 0.6 is 0 Å². The Bertz CT molecular complexity index is 1590. The van der Waals surface area contributed by atoms with Crippen LogP contribution in [0.25, 0.3) is 0 Å². The van der Waals surface area contributed by atoms with Crippen molar-refractivity contribution < 1.29 is 25.3 Å². The van der Waals surface area contributed by atoms with Crippen molar-refractivity contribution in [2.45, 2.75) is 99.2 Å². The number of unbranched alkanes of at least 4 members (excludes halogenated alkanes) is 9.